The largest absolute Gasteiger partial charge is 0.481 e. The molecule has 24 heavy (non-hydrogen) atoms. The molecule has 8 nitrogen and oxygen atoms in total. The molecule has 2 atom stereocenters. The summed E-state index contributed by atoms with van der Waals surface area (Å²) in [5, 5.41) is 16.5. The number of aliphatic carboxylic acids is 1. The number of H-pyrrole nitrogens is 1. The molecule has 0 spiro atoms. The van der Waals surface area contributed by atoms with E-state index in [0.29, 0.717) is 37.6 Å². The summed E-state index contributed by atoms with van der Waals surface area (Å²) < 4.78 is 10.7. The molecule has 1 amide bonds. The lowest BCUT2D eigenvalue weighted by atomic mass is 9.74. The smallest absolute Gasteiger partial charge is 0.311 e. The van der Waals surface area contributed by atoms with Crippen molar-refractivity contribution in [3.63, 3.8) is 0 Å². The predicted molar refractivity (Wildman–Crippen MR) is 81.2 cm³/mol. The van der Waals surface area contributed by atoms with Crippen LogP contribution in [0.2, 0.25) is 0 Å². The fourth-order valence-electron chi connectivity index (χ4n) is 3.61. The van der Waals surface area contributed by atoms with Gasteiger partial charge < -0.3 is 19.2 Å². The summed E-state index contributed by atoms with van der Waals surface area (Å²) in [7, 11) is 0. The van der Waals surface area contributed by atoms with Crippen LogP contribution in [0.1, 0.15) is 16.9 Å². The number of carbonyl (C=O) groups is 2. The first-order valence-electron chi connectivity index (χ1n) is 7.80. The molecular weight excluding hydrogens is 314 g/mol. The van der Waals surface area contributed by atoms with Crippen LogP contribution < -0.4 is 0 Å². The number of amides is 1. The van der Waals surface area contributed by atoms with Crippen molar-refractivity contribution in [1.82, 2.24) is 15.1 Å². The zero-order valence-corrected chi connectivity index (χ0v) is 12.9. The highest BCUT2D eigenvalue weighted by Crippen LogP contribution is 2.42. The van der Waals surface area contributed by atoms with Crippen LogP contribution in [-0.2, 0) is 9.53 Å². The molecule has 0 unspecified atom stereocenters. The van der Waals surface area contributed by atoms with E-state index < -0.39 is 11.4 Å². The van der Waals surface area contributed by atoms with Crippen molar-refractivity contribution in [2.75, 3.05) is 26.3 Å². The average Bonchev–Trinajstić information content (AvgIpc) is 3.30. The SMILES string of the molecule is O=C(c1cc(-c2ccco2)[nH]n1)N1C[C@H]2COCC[C@@]2(C(=O)O)C1. The Morgan fingerprint density at radius 1 is 1.46 bits per heavy atom. The third kappa shape index (κ3) is 2.22. The molecule has 2 saturated heterocycles. The first kappa shape index (κ1) is 14.9. The number of furan rings is 1. The Hall–Kier alpha value is -2.61. The Kier molecular flexibility index (Phi) is 3.42. The van der Waals surface area contributed by atoms with E-state index in [2.05, 4.69) is 10.2 Å². The number of aromatic amines is 1. The van der Waals surface area contributed by atoms with Gasteiger partial charge in [0.05, 0.1) is 18.3 Å². The van der Waals surface area contributed by atoms with Crippen molar-refractivity contribution in [1.29, 1.82) is 0 Å². The van der Waals surface area contributed by atoms with E-state index >= 15 is 0 Å². The average molecular weight is 331 g/mol. The second kappa shape index (κ2) is 5.48. The highest BCUT2D eigenvalue weighted by atomic mass is 16.5. The fourth-order valence-corrected chi connectivity index (χ4v) is 3.61. The molecule has 0 radical (unpaired) electrons. The van der Waals surface area contributed by atoms with Crippen LogP contribution in [-0.4, -0.2) is 58.4 Å². The molecule has 2 fully saturated rings. The third-order valence-corrected chi connectivity index (χ3v) is 5.00. The highest BCUT2D eigenvalue weighted by Gasteiger charge is 2.55. The standard InChI is InChI=1S/C16H17N3O5/c20-14(12-6-11(17-18-12)13-2-1-4-24-13)19-7-10-8-23-5-3-16(10,9-19)15(21)22/h1-2,4,6,10H,3,5,7-9H2,(H,17,18)(H,21,22)/t10-,16+/m0/s1. The lowest BCUT2D eigenvalue weighted by Gasteiger charge is -2.33. The van der Waals surface area contributed by atoms with Gasteiger partial charge >= 0.3 is 5.97 Å². The molecule has 0 bridgehead atoms. The van der Waals surface area contributed by atoms with E-state index in [-0.39, 0.29) is 24.1 Å². The summed E-state index contributed by atoms with van der Waals surface area (Å²) in [6, 6.07) is 5.13. The van der Waals surface area contributed by atoms with Gasteiger partial charge in [-0.3, -0.25) is 14.7 Å². The lowest BCUT2D eigenvalue weighted by Crippen LogP contribution is -2.45. The molecule has 2 aliphatic heterocycles. The maximum Gasteiger partial charge on any atom is 0.311 e. The summed E-state index contributed by atoms with van der Waals surface area (Å²) in [5.74, 6) is -0.730. The topological polar surface area (TPSA) is 109 Å². The van der Waals surface area contributed by atoms with E-state index in [1.54, 1.807) is 29.4 Å². The van der Waals surface area contributed by atoms with Gasteiger partial charge in [0.2, 0.25) is 0 Å². The number of nitrogens with one attached hydrogen (secondary N) is 1. The number of hydrogen-bond donors (Lipinski definition) is 2. The first-order valence-corrected chi connectivity index (χ1v) is 7.80. The first-order chi connectivity index (χ1) is 11.6. The van der Waals surface area contributed by atoms with E-state index in [1.165, 1.54) is 0 Å². The summed E-state index contributed by atoms with van der Waals surface area (Å²) in [5.41, 5.74) is -0.0496. The molecule has 0 saturated carbocycles. The molecule has 0 aliphatic carbocycles. The number of carbonyl (C=O) groups excluding carboxylic acids is 1. The molecule has 2 N–H and O–H groups in total. The van der Waals surface area contributed by atoms with Gasteiger partial charge in [-0.05, 0) is 18.6 Å². The number of ether oxygens (including phenoxy) is 1. The normalized spacial score (nSPS) is 26.3. The predicted octanol–water partition coefficient (Wildman–Crippen LogP) is 1.23. The maximum atomic E-state index is 12.7. The fraction of sp³-hybridized carbons (Fsp3) is 0.438. The molecule has 126 valence electrons. The highest BCUT2D eigenvalue weighted by molar-refractivity contribution is 5.94. The Morgan fingerprint density at radius 2 is 2.33 bits per heavy atom. The number of carboxylic acid groups (broad SMARTS) is 1. The van der Waals surface area contributed by atoms with Gasteiger partial charge in [0.25, 0.3) is 5.91 Å². The van der Waals surface area contributed by atoms with Crippen LogP contribution >= 0.6 is 0 Å². The van der Waals surface area contributed by atoms with Crippen LogP contribution in [0.3, 0.4) is 0 Å². The van der Waals surface area contributed by atoms with Crippen LogP contribution in [0.15, 0.2) is 28.9 Å². The minimum atomic E-state index is -0.909. The Morgan fingerprint density at radius 3 is 3.04 bits per heavy atom. The number of rotatable bonds is 3. The monoisotopic (exact) mass is 331 g/mol. The number of nitrogens with zero attached hydrogens (tertiary/aromatic N) is 2. The Labute approximate surface area is 137 Å². The second-order valence-electron chi connectivity index (χ2n) is 6.31. The van der Waals surface area contributed by atoms with E-state index in [9.17, 15) is 14.7 Å². The summed E-state index contributed by atoms with van der Waals surface area (Å²) in [6.07, 6.45) is 1.97. The zero-order valence-electron chi connectivity index (χ0n) is 12.9. The Balaban J connectivity index is 1.56. The van der Waals surface area contributed by atoms with Gasteiger partial charge in [-0.2, -0.15) is 5.10 Å². The molecule has 0 aromatic carbocycles. The van der Waals surface area contributed by atoms with E-state index in [4.69, 9.17) is 9.15 Å². The van der Waals surface area contributed by atoms with Gasteiger partial charge in [0, 0.05) is 31.7 Å². The van der Waals surface area contributed by atoms with Gasteiger partial charge in [-0.15, -0.1) is 0 Å². The van der Waals surface area contributed by atoms with Crippen molar-refractivity contribution in [2.24, 2.45) is 11.3 Å². The van der Waals surface area contributed by atoms with Gasteiger partial charge in [0.1, 0.15) is 5.69 Å². The Bertz CT molecular complexity index is 769. The maximum absolute atomic E-state index is 12.7. The number of aromatic nitrogens is 2. The molecule has 2 aromatic heterocycles. The third-order valence-electron chi connectivity index (χ3n) is 5.00. The van der Waals surface area contributed by atoms with Gasteiger partial charge in [-0.25, -0.2) is 0 Å². The van der Waals surface area contributed by atoms with Crippen molar-refractivity contribution >= 4 is 11.9 Å². The van der Waals surface area contributed by atoms with Gasteiger partial charge in [0.15, 0.2) is 11.5 Å². The van der Waals surface area contributed by atoms with Crippen LogP contribution in [0.4, 0.5) is 0 Å². The van der Waals surface area contributed by atoms with Gasteiger partial charge in [-0.1, -0.05) is 0 Å². The van der Waals surface area contributed by atoms with Crippen molar-refractivity contribution in [3.05, 3.63) is 30.2 Å². The number of carboxylic acids is 1. The van der Waals surface area contributed by atoms with Crippen LogP contribution in [0.5, 0.6) is 0 Å². The zero-order chi connectivity index (χ0) is 16.7. The summed E-state index contributed by atoms with van der Waals surface area (Å²) in [4.78, 5) is 26.1. The summed E-state index contributed by atoms with van der Waals surface area (Å²) in [6.45, 7) is 1.34. The summed E-state index contributed by atoms with van der Waals surface area (Å²) >= 11 is 0. The molecule has 4 heterocycles. The minimum Gasteiger partial charge on any atom is -0.481 e. The van der Waals surface area contributed by atoms with Crippen molar-refractivity contribution in [3.8, 4) is 11.5 Å². The lowest BCUT2D eigenvalue weighted by molar-refractivity contribution is -0.157. The van der Waals surface area contributed by atoms with Crippen molar-refractivity contribution in [2.45, 2.75) is 6.42 Å². The second-order valence-corrected chi connectivity index (χ2v) is 6.31. The van der Waals surface area contributed by atoms with Crippen LogP contribution in [0, 0.1) is 11.3 Å². The molecule has 8 heteroatoms. The van der Waals surface area contributed by atoms with E-state index in [0.717, 1.165) is 0 Å². The molecule has 4 rings (SSSR count). The number of hydrogen-bond acceptors (Lipinski definition) is 5. The number of fused-ring (bicyclic) bond motifs is 1. The quantitative estimate of drug-likeness (QED) is 0.876. The molecule has 2 aromatic rings. The molecule has 2 aliphatic rings. The van der Waals surface area contributed by atoms with Crippen LogP contribution in [0.25, 0.3) is 11.5 Å². The number of likely N-dealkylation sites (tertiary alicyclic amines) is 1. The minimum absolute atomic E-state index is 0.184. The van der Waals surface area contributed by atoms with Crippen molar-refractivity contribution < 1.29 is 23.8 Å². The molecular formula is C16H17N3O5. The van der Waals surface area contributed by atoms with E-state index in [1.807, 2.05) is 0 Å².